The highest BCUT2D eigenvalue weighted by Crippen LogP contribution is 2.27. The van der Waals surface area contributed by atoms with E-state index in [0.717, 1.165) is 10.0 Å². The molecule has 0 saturated carbocycles. The third-order valence-corrected chi connectivity index (χ3v) is 4.31. The van der Waals surface area contributed by atoms with Gasteiger partial charge in [0.2, 0.25) is 0 Å². The molecular formula is C15H12BrF2N3O4S. The van der Waals surface area contributed by atoms with Gasteiger partial charge in [-0.2, -0.15) is 22.3 Å². The minimum atomic E-state index is -3.99. The second-order valence-corrected chi connectivity index (χ2v) is 7.83. The Morgan fingerprint density at radius 1 is 1.19 bits per heavy atom. The molecule has 0 fully saturated rings. The molecule has 3 rings (SSSR count). The molecule has 0 spiro atoms. The first-order valence-corrected chi connectivity index (χ1v) is 9.74. The van der Waals surface area contributed by atoms with Gasteiger partial charge in [-0.15, -0.1) is 0 Å². The van der Waals surface area contributed by atoms with Crippen molar-refractivity contribution in [1.29, 1.82) is 0 Å². The van der Waals surface area contributed by atoms with Crippen LogP contribution in [0, 0.1) is 0 Å². The summed E-state index contributed by atoms with van der Waals surface area (Å²) in [7, 11) is -3.99. The maximum absolute atomic E-state index is 13.6. The van der Waals surface area contributed by atoms with E-state index in [4.69, 9.17) is 0 Å². The first-order valence-electron chi connectivity index (χ1n) is 7.13. The SMILES string of the molecule is CS(=O)(=O)OCC(F)(F)Oc1ccc(-c2cnc3c(Br)cnn3c2)cc1. The quantitative estimate of drug-likeness (QED) is 0.539. The van der Waals surface area contributed by atoms with Crippen LogP contribution in [0.4, 0.5) is 8.78 Å². The van der Waals surface area contributed by atoms with Gasteiger partial charge in [-0.05, 0) is 33.6 Å². The van der Waals surface area contributed by atoms with Gasteiger partial charge in [0.1, 0.15) is 5.75 Å². The lowest BCUT2D eigenvalue weighted by atomic mass is 10.1. The lowest BCUT2D eigenvalue weighted by Gasteiger charge is -2.17. The van der Waals surface area contributed by atoms with Crippen molar-refractivity contribution in [1.82, 2.24) is 14.6 Å². The standard InChI is InChI=1S/C15H12BrF2N3O4S/c1-26(22,23)24-9-15(17,18)25-12-4-2-10(3-5-12)11-6-19-14-13(16)7-20-21(14)8-11/h2-8H,9H2,1H3. The number of ether oxygens (including phenoxy) is 1. The van der Waals surface area contributed by atoms with E-state index in [-0.39, 0.29) is 5.75 Å². The van der Waals surface area contributed by atoms with Crippen LogP contribution in [0.25, 0.3) is 16.8 Å². The zero-order valence-corrected chi connectivity index (χ0v) is 15.7. The van der Waals surface area contributed by atoms with Gasteiger partial charge < -0.3 is 4.74 Å². The molecule has 7 nitrogen and oxygen atoms in total. The molecule has 11 heteroatoms. The average Bonchev–Trinajstić information content (AvgIpc) is 2.94. The number of hydrogen-bond acceptors (Lipinski definition) is 6. The largest absolute Gasteiger partial charge is 0.431 e. The number of alkyl halides is 2. The summed E-state index contributed by atoms with van der Waals surface area (Å²) in [5.74, 6) is -0.133. The Labute approximate surface area is 155 Å². The lowest BCUT2D eigenvalue weighted by molar-refractivity contribution is -0.194. The Hall–Kier alpha value is -2.11. The third kappa shape index (κ3) is 4.54. The van der Waals surface area contributed by atoms with Crippen LogP contribution >= 0.6 is 15.9 Å². The van der Waals surface area contributed by atoms with E-state index in [1.807, 2.05) is 0 Å². The van der Waals surface area contributed by atoms with Gasteiger partial charge in [0.05, 0.1) is 16.9 Å². The summed E-state index contributed by atoms with van der Waals surface area (Å²) in [6, 6.07) is 5.83. The molecule has 0 aliphatic rings. The average molecular weight is 448 g/mol. The van der Waals surface area contributed by atoms with E-state index in [1.165, 1.54) is 12.1 Å². The van der Waals surface area contributed by atoms with Crippen molar-refractivity contribution in [2.24, 2.45) is 0 Å². The van der Waals surface area contributed by atoms with Crippen molar-refractivity contribution >= 4 is 31.7 Å². The number of fused-ring (bicyclic) bond motifs is 1. The summed E-state index contributed by atoms with van der Waals surface area (Å²) in [6.45, 7) is -1.40. The normalized spacial score (nSPS) is 12.5. The van der Waals surface area contributed by atoms with Crippen molar-refractivity contribution in [3.8, 4) is 16.9 Å². The number of nitrogens with zero attached hydrogens (tertiary/aromatic N) is 3. The van der Waals surface area contributed by atoms with Crippen molar-refractivity contribution < 1.29 is 26.1 Å². The Kier molecular flexibility index (Phi) is 4.95. The predicted molar refractivity (Wildman–Crippen MR) is 92.5 cm³/mol. The smallest absolute Gasteiger partial charge is 0.423 e. The molecule has 2 aromatic heterocycles. The molecule has 0 unspecified atom stereocenters. The van der Waals surface area contributed by atoms with Gasteiger partial charge in [-0.3, -0.25) is 4.18 Å². The Morgan fingerprint density at radius 2 is 1.88 bits per heavy atom. The minimum Gasteiger partial charge on any atom is -0.431 e. The van der Waals surface area contributed by atoms with Crippen molar-refractivity contribution in [2.45, 2.75) is 6.11 Å². The molecule has 1 aromatic carbocycles. The predicted octanol–water partition coefficient (Wildman–Crippen LogP) is 3.11. The van der Waals surface area contributed by atoms with Crippen molar-refractivity contribution in [3.05, 3.63) is 47.3 Å². The molecule has 0 radical (unpaired) electrons. The van der Waals surface area contributed by atoms with Crippen LogP contribution in [0.1, 0.15) is 0 Å². The van der Waals surface area contributed by atoms with Gasteiger partial charge in [-0.1, -0.05) is 12.1 Å². The Balaban J connectivity index is 1.75. The van der Waals surface area contributed by atoms with Gasteiger partial charge >= 0.3 is 6.11 Å². The van der Waals surface area contributed by atoms with Crippen LogP contribution in [-0.4, -0.2) is 42.0 Å². The molecular weight excluding hydrogens is 436 g/mol. The van der Waals surface area contributed by atoms with Crippen molar-refractivity contribution in [2.75, 3.05) is 12.9 Å². The number of benzene rings is 1. The van der Waals surface area contributed by atoms with E-state index < -0.39 is 22.8 Å². The topological polar surface area (TPSA) is 82.8 Å². The molecule has 0 saturated heterocycles. The molecule has 26 heavy (non-hydrogen) atoms. The molecule has 3 aromatic rings. The van der Waals surface area contributed by atoms with Crippen LogP contribution < -0.4 is 4.74 Å². The third-order valence-electron chi connectivity index (χ3n) is 3.21. The number of hydrogen-bond donors (Lipinski definition) is 0. The highest BCUT2D eigenvalue weighted by molar-refractivity contribution is 9.10. The maximum atomic E-state index is 13.6. The van der Waals surface area contributed by atoms with Crippen LogP contribution in [0.2, 0.25) is 0 Å². The minimum absolute atomic E-state index is 0.133. The van der Waals surface area contributed by atoms with E-state index in [0.29, 0.717) is 17.5 Å². The first-order chi connectivity index (χ1) is 12.1. The summed E-state index contributed by atoms with van der Waals surface area (Å²) in [6.07, 6.45) is 1.89. The zero-order chi connectivity index (χ0) is 18.9. The lowest BCUT2D eigenvalue weighted by Crippen LogP contribution is -2.32. The number of aromatic nitrogens is 3. The van der Waals surface area contributed by atoms with Crippen molar-refractivity contribution in [3.63, 3.8) is 0 Å². The van der Waals surface area contributed by atoms with E-state index in [2.05, 4.69) is 34.9 Å². The fraction of sp³-hybridized carbons (Fsp3) is 0.200. The second-order valence-electron chi connectivity index (χ2n) is 5.33. The van der Waals surface area contributed by atoms with Gasteiger partial charge in [0, 0.05) is 18.0 Å². The van der Waals surface area contributed by atoms with E-state index in [9.17, 15) is 17.2 Å². The van der Waals surface area contributed by atoms with Crippen LogP contribution in [0.3, 0.4) is 0 Å². The number of halogens is 3. The highest BCUT2D eigenvalue weighted by Gasteiger charge is 2.34. The monoisotopic (exact) mass is 447 g/mol. The molecule has 2 heterocycles. The van der Waals surface area contributed by atoms with Crippen LogP contribution in [0.5, 0.6) is 5.75 Å². The van der Waals surface area contributed by atoms with E-state index >= 15 is 0 Å². The Morgan fingerprint density at radius 3 is 2.54 bits per heavy atom. The van der Waals surface area contributed by atoms with Gasteiger partial charge in [-0.25, -0.2) is 9.50 Å². The first kappa shape index (κ1) is 18.7. The fourth-order valence-electron chi connectivity index (χ4n) is 2.09. The molecule has 0 aliphatic heterocycles. The molecule has 138 valence electrons. The summed E-state index contributed by atoms with van der Waals surface area (Å²) < 4.78 is 59.7. The van der Waals surface area contributed by atoms with Gasteiger partial charge in [0.25, 0.3) is 10.1 Å². The molecule has 0 atom stereocenters. The molecule has 0 N–H and O–H groups in total. The summed E-state index contributed by atoms with van der Waals surface area (Å²) in [5.41, 5.74) is 2.10. The molecule has 0 aliphatic carbocycles. The highest BCUT2D eigenvalue weighted by atomic mass is 79.9. The number of rotatable bonds is 6. The summed E-state index contributed by atoms with van der Waals surface area (Å²) in [4.78, 5) is 4.28. The van der Waals surface area contributed by atoms with E-state index in [1.54, 1.807) is 35.2 Å². The second kappa shape index (κ2) is 6.89. The Bertz CT molecular complexity index is 1040. The zero-order valence-electron chi connectivity index (χ0n) is 13.3. The fourth-order valence-corrected chi connectivity index (χ4v) is 2.81. The summed E-state index contributed by atoms with van der Waals surface area (Å²) >= 11 is 3.33. The van der Waals surface area contributed by atoms with Gasteiger partial charge in [0.15, 0.2) is 12.3 Å². The van der Waals surface area contributed by atoms with Crippen LogP contribution in [-0.2, 0) is 14.3 Å². The maximum Gasteiger partial charge on any atom is 0.423 e. The molecule has 0 amide bonds. The van der Waals surface area contributed by atoms with Crippen LogP contribution in [0.15, 0.2) is 47.3 Å². The summed E-state index contributed by atoms with van der Waals surface area (Å²) in [5, 5.41) is 4.13. The molecule has 0 bridgehead atoms.